The summed E-state index contributed by atoms with van der Waals surface area (Å²) in [5.74, 6) is 0. The molecule has 0 radical (unpaired) electrons. The molecule has 1 heterocycles. The van der Waals surface area contributed by atoms with Crippen molar-refractivity contribution in [2.45, 2.75) is 6.54 Å². The first-order valence-electron chi connectivity index (χ1n) is 7.42. The van der Waals surface area contributed by atoms with E-state index in [9.17, 15) is 0 Å². The van der Waals surface area contributed by atoms with E-state index in [-0.39, 0.29) is 0 Å². The zero-order valence-electron chi connectivity index (χ0n) is 12.2. The maximum Gasteiger partial charge on any atom is 0.0393 e. The van der Waals surface area contributed by atoms with Crippen LogP contribution in [0.25, 0.3) is 11.1 Å². The standard InChI is InChI=1S/C17H22N4/c18-12-13-1-3-14(4-2-13)15-9-16(19)11-17(10-15)21-7-5-20-6-8-21/h1-4,9-11,20H,5-8,12,18-19H2. The summed E-state index contributed by atoms with van der Waals surface area (Å²) in [4.78, 5) is 2.38. The Morgan fingerprint density at radius 2 is 1.67 bits per heavy atom. The van der Waals surface area contributed by atoms with Crippen LogP contribution in [0.3, 0.4) is 0 Å². The van der Waals surface area contributed by atoms with Gasteiger partial charge in [0.2, 0.25) is 0 Å². The minimum absolute atomic E-state index is 0.573. The predicted molar refractivity (Wildman–Crippen MR) is 89.3 cm³/mol. The van der Waals surface area contributed by atoms with E-state index in [1.807, 2.05) is 6.07 Å². The zero-order valence-corrected chi connectivity index (χ0v) is 12.2. The fourth-order valence-electron chi connectivity index (χ4n) is 2.74. The minimum Gasteiger partial charge on any atom is -0.399 e. The molecule has 0 aliphatic carbocycles. The largest absolute Gasteiger partial charge is 0.399 e. The van der Waals surface area contributed by atoms with Crippen LogP contribution < -0.4 is 21.7 Å². The first-order chi connectivity index (χ1) is 10.3. The Bertz CT molecular complexity index is 601. The van der Waals surface area contributed by atoms with E-state index in [1.54, 1.807) is 0 Å². The molecule has 0 unspecified atom stereocenters. The van der Waals surface area contributed by atoms with Crippen molar-refractivity contribution in [2.75, 3.05) is 36.8 Å². The van der Waals surface area contributed by atoms with E-state index < -0.39 is 0 Å². The molecule has 3 rings (SSSR count). The molecule has 0 saturated carbocycles. The molecule has 5 N–H and O–H groups in total. The summed E-state index contributed by atoms with van der Waals surface area (Å²) in [6.07, 6.45) is 0. The van der Waals surface area contributed by atoms with Crippen LogP contribution in [-0.2, 0) is 6.54 Å². The van der Waals surface area contributed by atoms with Crippen molar-refractivity contribution in [2.24, 2.45) is 5.73 Å². The lowest BCUT2D eigenvalue weighted by Crippen LogP contribution is -2.43. The molecular formula is C17H22N4. The van der Waals surface area contributed by atoms with E-state index in [0.717, 1.165) is 43.0 Å². The quantitative estimate of drug-likeness (QED) is 0.751. The van der Waals surface area contributed by atoms with Gasteiger partial charge in [-0.2, -0.15) is 0 Å². The Balaban J connectivity index is 1.92. The lowest BCUT2D eigenvalue weighted by Gasteiger charge is -2.30. The smallest absolute Gasteiger partial charge is 0.0393 e. The molecule has 21 heavy (non-hydrogen) atoms. The number of nitrogens with zero attached hydrogens (tertiary/aromatic N) is 1. The van der Waals surface area contributed by atoms with Crippen LogP contribution in [0, 0.1) is 0 Å². The van der Waals surface area contributed by atoms with Gasteiger partial charge < -0.3 is 21.7 Å². The van der Waals surface area contributed by atoms with Gasteiger partial charge in [0.25, 0.3) is 0 Å². The molecule has 2 aromatic carbocycles. The van der Waals surface area contributed by atoms with Gasteiger partial charge in [-0.15, -0.1) is 0 Å². The highest BCUT2D eigenvalue weighted by atomic mass is 15.2. The second-order valence-corrected chi connectivity index (χ2v) is 5.45. The van der Waals surface area contributed by atoms with Crippen molar-refractivity contribution in [3.05, 3.63) is 48.0 Å². The van der Waals surface area contributed by atoms with Gasteiger partial charge in [-0.1, -0.05) is 24.3 Å². The van der Waals surface area contributed by atoms with Crippen LogP contribution in [0.5, 0.6) is 0 Å². The van der Waals surface area contributed by atoms with E-state index in [2.05, 4.69) is 46.6 Å². The number of benzene rings is 2. The normalized spacial score (nSPS) is 15.2. The summed E-state index contributed by atoms with van der Waals surface area (Å²) >= 11 is 0. The zero-order chi connectivity index (χ0) is 14.7. The average Bonchev–Trinajstić information content (AvgIpc) is 2.55. The SMILES string of the molecule is NCc1ccc(-c2cc(N)cc(N3CCNCC3)c2)cc1. The van der Waals surface area contributed by atoms with Crippen molar-refractivity contribution in [1.82, 2.24) is 5.32 Å². The Morgan fingerprint density at radius 1 is 0.952 bits per heavy atom. The molecular weight excluding hydrogens is 260 g/mol. The number of nitrogen functional groups attached to an aromatic ring is 1. The molecule has 1 aliphatic rings. The Hall–Kier alpha value is -2.04. The summed E-state index contributed by atoms with van der Waals surface area (Å²) < 4.78 is 0. The monoisotopic (exact) mass is 282 g/mol. The van der Waals surface area contributed by atoms with Crippen LogP contribution >= 0.6 is 0 Å². The van der Waals surface area contributed by atoms with Gasteiger partial charge in [0, 0.05) is 44.1 Å². The number of hydrogen-bond donors (Lipinski definition) is 3. The van der Waals surface area contributed by atoms with Crippen LogP contribution in [-0.4, -0.2) is 26.2 Å². The Morgan fingerprint density at radius 3 is 2.33 bits per heavy atom. The highest BCUT2D eigenvalue weighted by Gasteiger charge is 2.12. The summed E-state index contributed by atoms with van der Waals surface area (Å²) in [6.45, 7) is 4.66. The van der Waals surface area contributed by atoms with Crippen LogP contribution in [0.1, 0.15) is 5.56 Å². The predicted octanol–water partition coefficient (Wildman–Crippen LogP) is 1.80. The fraction of sp³-hybridized carbons (Fsp3) is 0.294. The highest BCUT2D eigenvalue weighted by Crippen LogP contribution is 2.28. The maximum atomic E-state index is 6.10. The first-order valence-corrected chi connectivity index (χ1v) is 7.42. The molecule has 2 aromatic rings. The van der Waals surface area contributed by atoms with Gasteiger partial charge in [0.1, 0.15) is 0 Å². The number of nitrogens with one attached hydrogen (secondary N) is 1. The Labute approximate surface area is 125 Å². The van der Waals surface area contributed by atoms with Gasteiger partial charge in [0.15, 0.2) is 0 Å². The van der Waals surface area contributed by atoms with E-state index in [4.69, 9.17) is 11.5 Å². The van der Waals surface area contributed by atoms with Crippen molar-refractivity contribution in [3.8, 4) is 11.1 Å². The van der Waals surface area contributed by atoms with Crippen LogP contribution in [0.2, 0.25) is 0 Å². The van der Waals surface area contributed by atoms with Crippen molar-refractivity contribution < 1.29 is 0 Å². The first kappa shape index (κ1) is 13.9. The number of hydrogen-bond acceptors (Lipinski definition) is 4. The molecule has 1 saturated heterocycles. The van der Waals surface area contributed by atoms with Gasteiger partial charge in [-0.05, 0) is 34.9 Å². The molecule has 110 valence electrons. The molecule has 1 fully saturated rings. The molecule has 0 bridgehead atoms. The topological polar surface area (TPSA) is 67.3 Å². The minimum atomic E-state index is 0.573. The number of anilines is 2. The van der Waals surface area contributed by atoms with Crippen LogP contribution in [0.15, 0.2) is 42.5 Å². The van der Waals surface area contributed by atoms with Gasteiger partial charge in [0.05, 0.1) is 0 Å². The lowest BCUT2D eigenvalue weighted by atomic mass is 10.0. The third-order valence-electron chi connectivity index (χ3n) is 3.95. The molecule has 4 heteroatoms. The molecule has 0 aromatic heterocycles. The molecule has 0 atom stereocenters. The number of rotatable bonds is 3. The second-order valence-electron chi connectivity index (χ2n) is 5.45. The van der Waals surface area contributed by atoms with E-state index in [1.165, 1.54) is 11.3 Å². The second kappa shape index (κ2) is 6.16. The summed E-state index contributed by atoms with van der Waals surface area (Å²) in [6, 6.07) is 14.7. The third kappa shape index (κ3) is 3.17. The van der Waals surface area contributed by atoms with E-state index >= 15 is 0 Å². The van der Waals surface area contributed by atoms with Gasteiger partial charge in [-0.3, -0.25) is 0 Å². The summed E-state index contributed by atoms with van der Waals surface area (Å²) in [5.41, 5.74) is 17.2. The van der Waals surface area contributed by atoms with Crippen molar-refractivity contribution in [1.29, 1.82) is 0 Å². The van der Waals surface area contributed by atoms with Gasteiger partial charge in [-0.25, -0.2) is 0 Å². The third-order valence-corrected chi connectivity index (χ3v) is 3.95. The van der Waals surface area contributed by atoms with Crippen molar-refractivity contribution in [3.63, 3.8) is 0 Å². The lowest BCUT2D eigenvalue weighted by molar-refractivity contribution is 0.589. The average molecular weight is 282 g/mol. The number of piperazine rings is 1. The van der Waals surface area contributed by atoms with Crippen LogP contribution in [0.4, 0.5) is 11.4 Å². The summed E-state index contributed by atoms with van der Waals surface area (Å²) in [7, 11) is 0. The molecule has 4 nitrogen and oxygen atoms in total. The fourth-order valence-corrected chi connectivity index (χ4v) is 2.74. The summed E-state index contributed by atoms with van der Waals surface area (Å²) in [5, 5.41) is 3.37. The van der Waals surface area contributed by atoms with E-state index in [0.29, 0.717) is 6.54 Å². The maximum absolute atomic E-state index is 6.10. The molecule has 0 amide bonds. The molecule has 0 spiro atoms. The highest BCUT2D eigenvalue weighted by molar-refractivity contribution is 5.73. The Kier molecular flexibility index (Phi) is 4.08. The van der Waals surface area contributed by atoms with Crippen molar-refractivity contribution >= 4 is 11.4 Å². The molecule has 1 aliphatic heterocycles. The van der Waals surface area contributed by atoms with Gasteiger partial charge >= 0.3 is 0 Å². The number of nitrogens with two attached hydrogens (primary N) is 2.